The molecule has 0 aromatic carbocycles. The third-order valence-corrected chi connectivity index (χ3v) is 1.16. The molecule has 1 atom stereocenters. The van der Waals surface area contributed by atoms with Gasteiger partial charge in [-0.1, -0.05) is 13.8 Å². The normalized spacial score (nSPS) is 13.9. The third-order valence-electron chi connectivity index (χ3n) is 1.16. The SMILES string of the molecule is CC(C)C(O)C(=O)CN. The molecular formula is C6H13NO2. The Morgan fingerprint density at radius 2 is 2.11 bits per heavy atom. The fourth-order valence-corrected chi connectivity index (χ4v) is 0.493. The molecule has 9 heavy (non-hydrogen) atoms. The summed E-state index contributed by atoms with van der Waals surface area (Å²) in [5.74, 6) is -0.314. The zero-order valence-corrected chi connectivity index (χ0v) is 5.79. The average Bonchev–Trinajstić information content (AvgIpc) is 1.84. The van der Waals surface area contributed by atoms with E-state index in [1.54, 1.807) is 13.8 Å². The Morgan fingerprint density at radius 3 is 2.22 bits per heavy atom. The molecule has 0 bridgehead atoms. The van der Waals surface area contributed by atoms with Crippen LogP contribution in [0.1, 0.15) is 13.8 Å². The first kappa shape index (κ1) is 8.59. The standard InChI is InChI=1S/C6H13NO2/c1-4(2)6(9)5(8)3-7/h4,6,9H,3,7H2,1-2H3. The number of carbonyl (C=O) groups excluding carboxylic acids is 1. The van der Waals surface area contributed by atoms with E-state index in [0.29, 0.717) is 0 Å². The summed E-state index contributed by atoms with van der Waals surface area (Å²) in [6, 6.07) is 0. The summed E-state index contributed by atoms with van der Waals surface area (Å²) in [6.45, 7) is 3.48. The molecule has 0 saturated carbocycles. The maximum atomic E-state index is 10.6. The number of hydrogen-bond acceptors (Lipinski definition) is 3. The highest BCUT2D eigenvalue weighted by Crippen LogP contribution is 2.00. The first-order valence-electron chi connectivity index (χ1n) is 3.00. The molecule has 3 nitrogen and oxygen atoms in total. The first-order valence-corrected chi connectivity index (χ1v) is 3.00. The highest BCUT2D eigenvalue weighted by atomic mass is 16.3. The number of rotatable bonds is 3. The summed E-state index contributed by atoms with van der Waals surface area (Å²) in [4.78, 5) is 10.6. The molecule has 0 radical (unpaired) electrons. The summed E-state index contributed by atoms with van der Waals surface area (Å²) in [6.07, 6.45) is -0.880. The van der Waals surface area contributed by atoms with E-state index >= 15 is 0 Å². The molecule has 0 aliphatic rings. The van der Waals surface area contributed by atoms with Gasteiger partial charge in [-0.2, -0.15) is 0 Å². The van der Waals surface area contributed by atoms with Crippen LogP contribution in [0.15, 0.2) is 0 Å². The molecule has 3 N–H and O–H groups in total. The molecule has 0 aliphatic heterocycles. The van der Waals surface area contributed by atoms with Crippen LogP contribution in [0.5, 0.6) is 0 Å². The molecule has 3 heteroatoms. The maximum Gasteiger partial charge on any atom is 0.174 e. The minimum Gasteiger partial charge on any atom is -0.385 e. The van der Waals surface area contributed by atoms with Crippen molar-refractivity contribution in [3.05, 3.63) is 0 Å². The van der Waals surface area contributed by atoms with Gasteiger partial charge < -0.3 is 10.8 Å². The number of hydrogen-bond donors (Lipinski definition) is 2. The minimum atomic E-state index is -0.880. The van der Waals surface area contributed by atoms with Crippen molar-refractivity contribution >= 4 is 5.78 Å². The van der Waals surface area contributed by atoms with E-state index in [1.807, 2.05) is 0 Å². The fourth-order valence-electron chi connectivity index (χ4n) is 0.493. The molecular weight excluding hydrogens is 118 g/mol. The second kappa shape index (κ2) is 3.58. The van der Waals surface area contributed by atoms with E-state index < -0.39 is 6.10 Å². The molecule has 0 rings (SSSR count). The molecule has 0 aromatic heterocycles. The van der Waals surface area contributed by atoms with Gasteiger partial charge in [0, 0.05) is 0 Å². The number of carbonyl (C=O) groups is 1. The number of aliphatic hydroxyl groups is 1. The molecule has 0 aliphatic carbocycles. The first-order chi connectivity index (χ1) is 4.09. The van der Waals surface area contributed by atoms with Crippen LogP contribution in [0.3, 0.4) is 0 Å². The molecule has 0 saturated heterocycles. The Kier molecular flexibility index (Phi) is 3.42. The van der Waals surface area contributed by atoms with Gasteiger partial charge in [-0.3, -0.25) is 4.79 Å². The van der Waals surface area contributed by atoms with Crippen LogP contribution in [0.2, 0.25) is 0 Å². The van der Waals surface area contributed by atoms with Crippen molar-refractivity contribution in [2.45, 2.75) is 20.0 Å². The predicted octanol–water partition coefficient (Wildman–Crippen LogP) is -0.469. The van der Waals surface area contributed by atoms with Crippen LogP contribution in [0.25, 0.3) is 0 Å². The van der Waals surface area contributed by atoms with Crippen LogP contribution < -0.4 is 5.73 Å². The molecule has 0 aromatic rings. The van der Waals surface area contributed by atoms with Crippen molar-refractivity contribution in [3.8, 4) is 0 Å². The Balaban J connectivity index is 3.72. The van der Waals surface area contributed by atoms with Crippen LogP contribution >= 0.6 is 0 Å². The Morgan fingerprint density at radius 1 is 1.67 bits per heavy atom. The van der Waals surface area contributed by atoms with Crippen molar-refractivity contribution < 1.29 is 9.90 Å². The van der Waals surface area contributed by atoms with E-state index in [1.165, 1.54) is 0 Å². The zero-order chi connectivity index (χ0) is 7.44. The summed E-state index contributed by atoms with van der Waals surface area (Å²) < 4.78 is 0. The van der Waals surface area contributed by atoms with Gasteiger partial charge in [0.2, 0.25) is 0 Å². The molecule has 1 unspecified atom stereocenters. The summed E-state index contributed by atoms with van der Waals surface area (Å²) in [7, 11) is 0. The number of ketones is 1. The van der Waals surface area contributed by atoms with Crippen LogP contribution in [-0.4, -0.2) is 23.5 Å². The minimum absolute atomic E-state index is 0.0268. The third kappa shape index (κ3) is 2.58. The van der Waals surface area contributed by atoms with Gasteiger partial charge in [0.05, 0.1) is 6.54 Å². The largest absolute Gasteiger partial charge is 0.385 e. The van der Waals surface area contributed by atoms with Gasteiger partial charge >= 0.3 is 0 Å². The van der Waals surface area contributed by atoms with Crippen LogP contribution in [0, 0.1) is 5.92 Å². The number of Topliss-reactive ketones (excluding diaryl/α,β-unsaturated/α-hetero) is 1. The monoisotopic (exact) mass is 131 g/mol. The topological polar surface area (TPSA) is 63.3 Å². The second-order valence-corrected chi connectivity index (χ2v) is 2.36. The molecule has 0 heterocycles. The molecule has 0 amide bonds. The highest BCUT2D eigenvalue weighted by Gasteiger charge is 2.15. The van der Waals surface area contributed by atoms with E-state index in [2.05, 4.69) is 0 Å². The van der Waals surface area contributed by atoms with E-state index in [0.717, 1.165) is 0 Å². The van der Waals surface area contributed by atoms with Crippen molar-refractivity contribution in [3.63, 3.8) is 0 Å². The highest BCUT2D eigenvalue weighted by molar-refractivity contribution is 5.84. The zero-order valence-electron chi connectivity index (χ0n) is 5.79. The lowest BCUT2D eigenvalue weighted by Crippen LogP contribution is -2.31. The molecule has 0 spiro atoms. The lowest BCUT2D eigenvalue weighted by molar-refractivity contribution is -0.127. The van der Waals surface area contributed by atoms with E-state index in [9.17, 15) is 4.79 Å². The number of aliphatic hydroxyl groups excluding tert-OH is 1. The van der Waals surface area contributed by atoms with Gasteiger partial charge in [-0.05, 0) is 5.92 Å². The summed E-state index contributed by atoms with van der Waals surface area (Å²) >= 11 is 0. The van der Waals surface area contributed by atoms with Gasteiger partial charge in [-0.15, -0.1) is 0 Å². The van der Waals surface area contributed by atoms with Crippen molar-refractivity contribution in [1.82, 2.24) is 0 Å². The van der Waals surface area contributed by atoms with Gasteiger partial charge in [0.1, 0.15) is 6.10 Å². The van der Waals surface area contributed by atoms with E-state index in [-0.39, 0.29) is 18.2 Å². The summed E-state index contributed by atoms with van der Waals surface area (Å²) in [5.41, 5.74) is 5.00. The van der Waals surface area contributed by atoms with Crippen LogP contribution in [0.4, 0.5) is 0 Å². The Bertz CT molecular complexity index is 101. The predicted molar refractivity (Wildman–Crippen MR) is 34.9 cm³/mol. The lowest BCUT2D eigenvalue weighted by Gasteiger charge is -2.10. The van der Waals surface area contributed by atoms with Gasteiger partial charge in [0.15, 0.2) is 5.78 Å². The fraction of sp³-hybridized carbons (Fsp3) is 0.833. The van der Waals surface area contributed by atoms with Gasteiger partial charge in [0.25, 0.3) is 0 Å². The number of nitrogens with two attached hydrogens (primary N) is 1. The van der Waals surface area contributed by atoms with Crippen LogP contribution in [-0.2, 0) is 4.79 Å². The van der Waals surface area contributed by atoms with Gasteiger partial charge in [-0.25, -0.2) is 0 Å². The van der Waals surface area contributed by atoms with E-state index in [4.69, 9.17) is 10.8 Å². The summed E-state index contributed by atoms with van der Waals surface area (Å²) in [5, 5.41) is 8.97. The average molecular weight is 131 g/mol. The second-order valence-electron chi connectivity index (χ2n) is 2.36. The van der Waals surface area contributed by atoms with Crippen molar-refractivity contribution in [2.24, 2.45) is 11.7 Å². The Hall–Kier alpha value is -0.410. The quantitative estimate of drug-likeness (QED) is 0.544. The molecule has 0 fully saturated rings. The lowest BCUT2D eigenvalue weighted by atomic mass is 10.0. The molecule has 54 valence electrons. The Labute approximate surface area is 54.9 Å². The van der Waals surface area contributed by atoms with Crippen molar-refractivity contribution in [2.75, 3.05) is 6.54 Å². The smallest absolute Gasteiger partial charge is 0.174 e. The maximum absolute atomic E-state index is 10.6. The van der Waals surface area contributed by atoms with Crippen molar-refractivity contribution in [1.29, 1.82) is 0 Å².